The van der Waals surface area contributed by atoms with Gasteiger partial charge in [-0.25, -0.2) is 9.07 Å². The van der Waals surface area contributed by atoms with Crippen LogP contribution in [0.2, 0.25) is 5.02 Å². The van der Waals surface area contributed by atoms with Crippen LogP contribution in [0.5, 0.6) is 0 Å². The molecule has 1 saturated heterocycles. The molecule has 0 spiro atoms. The van der Waals surface area contributed by atoms with E-state index in [2.05, 4.69) is 21.9 Å². The molecule has 2 heterocycles. The second-order valence-corrected chi connectivity index (χ2v) is 9.23. The number of rotatable bonds is 7. The van der Waals surface area contributed by atoms with E-state index in [4.69, 9.17) is 11.6 Å². The van der Waals surface area contributed by atoms with Gasteiger partial charge in [0.1, 0.15) is 5.82 Å². The summed E-state index contributed by atoms with van der Waals surface area (Å²) in [7, 11) is 2.12. The van der Waals surface area contributed by atoms with Crippen LogP contribution in [-0.4, -0.2) is 52.8 Å². The highest BCUT2D eigenvalue weighted by molar-refractivity contribution is 6.31. The van der Waals surface area contributed by atoms with Crippen LogP contribution in [0.25, 0.3) is 11.3 Å². The molecule has 3 aromatic rings. The van der Waals surface area contributed by atoms with Crippen LogP contribution in [0, 0.1) is 12.7 Å². The van der Waals surface area contributed by atoms with Gasteiger partial charge in [-0.1, -0.05) is 29.8 Å². The van der Waals surface area contributed by atoms with Gasteiger partial charge < -0.3 is 4.90 Å². The number of hydrogen-bond donors (Lipinski definition) is 0. The van der Waals surface area contributed by atoms with E-state index in [1.807, 2.05) is 30.3 Å². The lowest BCUT2D eigenvalue weighted by Gasteiger charge is -2.32. The van der Waals surface area contributed by atoms with Crippen molar-refractivity contribution in [3.63, 3.8) is 0 Å². The fraction of sp³-hybridized carbons (Fsp3) is 0.385. The first-order chi connectivity index (χ1) is 15.9. The summed E-state index contributed by atoms with van der Waals surface area (Å²) >= 11 is 6.29. The van der Waals surface area contributed by atoms with Gasteiger partial charge in [0.05, 0.1) is 5.69 Å². The standard InChI is InChI=1S/C26H30ClFN4O/c1-19-16-21(9-10-24(19)28)25-17-22(18-31-14-12-30(2)13-15-31)26(33)32(29-25)11-5-7-20-6-3-4-8-23(20)27/h3-4,6,8-10,16-17H,5,7,11-15,18H2,1-2H3. The van der Waals surface area contributed by atoms with Gasteiger partial charge in [-0.05, 0) is 68.3 Å². The molecule has 0 amide bonds. The van der Waals surface area contributed by atoms with Crippen LogP contribution in [0.1, 0.15) is 23.1 Å². The summed E-state index contributed by atoms with van der Waals surface area (Å²) in [6.07, 6.45) is 1.51. The first-order valence-electron chi connectivity index (χ1n) is 11.4. The molecular formula is C26H30ClFN4O. The third-order valence-electron chi connectivity index (χ3n) is 6.27. The Morgan fingerprint density at radius 1 is 1.03 bits per heavy atom. The first kappa shape index (κ1) is 23.6. The van der Waals surface area contributed by atoms with Gasteiger partial charge in [0, 0.05) is 55.4 Å². The Bertz CT molecular complexity index is 1170. The third kappa shape index (κ3) is 5.88. The van der Waals surface area contributed by atoms with Gasteiger partial charge in [-0.15, -0.1) is 0 Å². The zero-order valence-corrected chi connectivity index (χ0v) is 20.0. The van der Waals surface area contributed by atoms with E-state index in [0.717, 1.165) is 60.7 Å². The zero-order chi connectivity index (χ0) is 23.4. The Morgan fingerprint density at radius 3 is 2.52 bits per heavy atom. The molecule has 0 atom stereocenters. The van der Waals surface area contributed by atoms with Gasteiger partial charge >= 0.3 is 0 Å². The molecular weight excluding hydrogens is 439 g/mol. The van der Waals surface area contributed by atoms with E-state index >= 15 is 0 Å². The van der Waals surface area contributed by atoms with Crippen molar-refractivity contribution < 1.29 is 4.39 Å². The molecule has 1 fully saturated rings. The topological polar surface area (TPSA) is 41.4 Å². The van der Waals surface area contributed by atoms with E-state index < -0.39 is 0 Å². The van der Waals surface area contributed by atoms with Crippen LogP contribution in [0.4, 0.5) is 4.39 Å². The number of piperazine rings is 1. The van der Waals surface area contributed by atoms with Crippen molar-refractivity contribution in [3.05, 3.63) is 86.4 Å². The molecule has 7 heteroatoms. The van der Waals surface area contributed by atoms with E-state index in [1.54, 1.807) is 23.7 Å². The minimum atomic E-state index is -0.246. The van der Waals surface area contributed by atoms with Crippen LogP contribution >= 0.6 is 11.6 Å². The van der Waals surface area contributed by atoms with E-state index in [0.29, 0.717) is 24.3 Å². The van der Waals surface area contributed by atoms with Gasteiger partial charge in [-0.3, -0.25) is 9.69 Å². The molecule has 33 heavy (non-hydrogen) atoms. The molecule has 0 saturated carbocycles. The predicted octanol–water partition coefficient (Wildman–Crippen LogP) is 4.39. The summed E-state index contributed by atoms with van der Waals surface area (Å²) in [5.74, 6) is -0.246. The first-order valence-corrected chi connectivity index (χ1v) is 11.8. The molecule has 4 rings (SSSR count). The quantitative estimate of drug-likeness (QED) is 0.515. The molecule has 1 aromatic heterocycles. The summed E-state index contributed by atoms with van der Waals surface area (Å²) in [5.41, 5.74) is 3.80. The molecule has 0 radical (unpaired) electrons. The monoisotopic (exact) mass is 468 g/mol. The van der Waals surface area contributed by atoms with Gasteiger partial charge in [0.25, 0.3) is 5.56 Å². The second-order valence-electron chi connectivity index (χ2n) is 8.82. The lowest BCUT2D eigenvalue weighted by molar-refractivity contribution is 0.147. The number of hydrogen-bond acceptors (Lipinski definition) is 4. The smallest absolute Gasteiger partial charge is 0.271 e. The summed E-state index contributed by atoms with van der Waals surface area (Å²) in [5, 5.41) is 5.39. The maximum Gasteiger partial charge on any atom is 0.271 e. The van der Waals surface area contributed by atoms with Gasteiger partial charge in [-0.2, -0.15) is 5.10 Å². The fourth-order valence-electron chi connectivity index (χ4n) is 4.17. The average Bonchev–Trinajstić information content (AvgIpc) is 2.80. The second kappa shape index (κ2) is 10.6. The van der Waals surface area contributed by atoms with Crippen molar-refractivity contribution in [1.29, 1.82) is 0 Å². The molecule has 0 aliphatic carbocycles. The van der Waals surface area contributed by atoms with Crippen molar-refractivity contribution >= 4 is 11.6 Å². The molecule has 5 nitrogen and oxygen atoms in total. The van der Waals surface area contributed by atoms with Gasteiger partial charge in [0.15, 0.2) is 0 Å². The normalized spacial score (nSPS) is 15.2. The highest BCUT2D eigenvalue weighted by Gasteiger charge is 2.18. The Balaban J connectivity index is 1.61. The third-order valence-corrected chi connectivity index (χ3v) is 6.63. The number of halogens is 2. The number of likely N-dealkylation sites (N-methyl/N-ethyl adjacent to an activating group) is 1. The van der Waals surface area contributed by atoms with E-state index in [9.17, 15) is 9.18 Å². The predicted molar refractivity (Wildman–Crippen MR) is 131 cm³/mol. The molecule has 1 aliphatic heterocycles. The molecule has 0 bridgehead atoms. The lowest BCUT2D eigenvalue weighted by atomic mass is 10.1. The number of benzene rings is 2. The Kier molecular flexibility index (Phi) is 7.58. The summed E-state index contributed by atoms with van der Waals surface area (Å²) in [4.78, 5) is 17.9. The van der Waals surface area contributed by atoms with E-state index in [1.165, 1.54) is 6.07 Å². The molecule has 2 aromatic carbocycles. The molecule has 174 valence electrons. The Labute approximate surface area is 199 Å². The Hall–Kier alpha value is -2.54. The lowest BCUT2D eigenvalue weighted by Crippen LogP contribution is -2.45. The van der Waals surface area contributed by atoms with Crippen molar-refractivity contribution in [1.82, 2.24) is 19.6 Å². The Morgan fingerprint density at radius 2 is 1.79 bits per heavy atom. The molecule has 0 unspecified atom stereocenters. The van der Waals surface area contributed by atoms with Crippen molar-refractivity contribution in [2.45, 2.75) is 32.9 Å². The minimum Gasteiger partial charge on any atom is -0.304 e. The van der Waals surface area contributed by atoms with Gasteiger partial charge in [0.2, 0.25) is 0 Å². The van der Waals surface area contributed by atoms with Crippen molar-refractivity contribution in [3.8, 4) is 11.3 Å². The summed E-state index contributed by atoms with van der Waals surface area (Å²) in [6.45, 7) is 6.65. The fourth-order valence-corrected chi connectivity index (χ4v) is 4.40. The number of aryl methyl sites for hydroxylation is 3. The van der Waals surface area contributed by atoms with E-state index in [-0.39, 0.29) is 11.4 Å². The van der Waals surface area contributed by atoms with Crippen molar-refractivity contribution in [2.75, 3.05) is 33.2 Å². The molecule has 0 N–H and O–H groups in total. The maximum atomic E-state index is 13.8. The number of nitrogens with zero attached hydrogens (tertiary/aromatic N) is 4. The largest absolute Gasteiger partial charge is 0.304 e. The average molecular weight is 469 g/mol. The number of aromatic nitrogens is 2. The maximum absolute atomic E-state index is 13.8. The van der Waals surface area contributed by atoms with Crippen LogP contribution < -0.4 is 5.56 Å². The molecule has 1 aliphatic rings. The van der Waals surface area contributed by atoms with Crippen molar-refractivity contribution in [2.24, 2.45) is 0 Å². The summed E-state index contributed by atoms with van der Waals surface area (Å²) in [6, 6.07) is 14.6. The SMILES string of the molecule is Cc1cc(-c2cc(CN3CCN(C)CC3)c(=O)n(CCCc3ccccc3Cl)n2)ccc1F. The van der Waals surface area contributed by atoms with Crippen LogP contribution in [0.3, 0.4) is 0 Å². The van der Waals surface area contributed by atoms with Crippen LogP contribution in [-0.2, 0) is 19.5 Å². The highest BCUT2D eigenvalue weighted by atomic mass is 35.5. The summed E-state index contributed by atoms with van der Waals surface area (Å²) < 4.78 is 15.4. The van der Waals surface area contributed by atoms with Crippen LogP contribution in [0.15, 0.2) is 53.3 Å². The zero-order valence-electron chi connectivity index (χ0n) is 19.2. The highest BCUT2D eigenvalue weighted by Crippen LogP contribution is 2.21. The minimum absolute atomic E-state index is 0.0596.